The SMILES string of the molecule is CSCCCC(=O)NCCc1ccc(C(=O)O)cc1. The van der Waals surface area contributed by atoms with E-state index >= 15 is 0 Å². The van der Waals surface area contributed by atoms with Crippen molar-refractivity contribution < 1.29 is 14.7 Å². The summed E-state index contributed by atoms with van der Waals surface area (Å²) in [5.74, 6) is 0.161. The van der Waals surface area contributed by atoms with Crippen LogP contribution in [0.5, 0.6) is 0 Å². The van der Waals surface area contributed by atoms with Crippen LogP contribution in [0.2, 0.25) is 0 Å². The largest absolute Gasteiger partial charge is 0.478 e. The van der Waals surface area contributed by atoms with Gasteiger partial charge in [-0.15, -0.1) is 0 Å². The number of carboxylic acids is 1. The lowest BCUT2D eigenvalue weighted by atomic mass is 10.1. The highest BCUT2D eigenvalue weighted by Gasteiger charge is 2.03. The van der Waals surface area contributed by atoms with Gasteiger partial charge in [0.1, 0.15) is 0 Å². The van der Waals surface area contributed by atoms with E-state index in [4.69, 9.17) is 5.11 Å². The Labute approximate surface area is 117 Å². The van der Waals surface area contributed by atoms with E-state index in [-0.39, 0.29) is 11.5 Å². The molecule has 1 aromatic rings. The van der Waals surface area contributed by atoms with Crippen LogP contribution in [0.1, 0.15) is 28.8 Å². The molecule has 0 radical (unpaired) electrons. The van der Waals surface area contributed by atoms with E-state index in [0.717, 1.165) is 17.7 Å². The van der Waals surface area contributed by atoms with E-state index in [1.54, 1.807) is 36.0 Å². The van der Waals surface area contributed by atoms with Gasteiger partial charge >= 0.3 is 5.97 Å². The summed E-state index contributed by atoms with van der Waals surface area (Å²) in [7, 11) is 0. The molecule has 0 heterocycles. The first-order valence-corrected chi connectivity index (χ1v) is 7.60. The summed E-state index contributed by atoms with van der Waals surface area (Å²) in [5.41, 5.74) is 1.30. The van der Waals surface area contributed by atoms with Gasteiger partial charge in [-0.2, -0.15) is 11.8 Å². The molecule has 0 saturated carbocycles. The molecular weight excluding hydrogens is 262 g/mol. The molecule has 0 aliphatic rings. The molecule has 5 heteroatoms. The Hall–Kier alpha value is -1.49. The van der Waals surface area contributed by atoms with Crippen molar-refractivity contribution in [2.24, 2.45) is 0 Å². The molecule has 0 aliphatic heterocycles. The van der Waals surface area contributed by atoms with Crippen molar-refractivity contribution in [2.75, 3.05) is 18.6 Å². The number of hydrogen-bond donors (Lipinski definition) is 2. The summed E-state index contributed by atoms with van der Waals surface area (Å²) >= 11 is 1.74. The second kappa shape index (κ2) is 8.58. The van der Waals surface area contributed by atoms with Gasteiger partial charge in [0.15, 0.2) is 0 Å². The highest BCUT2D eigenvalue weighted by atomic mass is 32.2. The molecule has 104 valence electrons. The second-order valence-corrected chi connectivity index (χ2v) is 5.18. The molecule has 0 fully saturated rings. The first-order valence-electron chi connectivity index (χ1n) is 6.21. The zero-order valence-corrected chi connectivity index (χ0v) is 11.8. The van der Waals surface area contributed by atoms with Gasteiger partial charge in [0.2, 0.25) is 5.91 Å². The number of carbonyl (C=O) groups is 2. The van der Waals surface area contributed by atoms with Crippen molar-refractivity contribution in [1.82, 2.24) is 5.32 Å². The summed E-state index contributed by atoms with van der Waals surface area (Å²) in [5, 5.41) is 11.6. The van der Waals surface area contributed by atoms with Gasteiger partial charge < -0.3 is 10.4 Å². The molecule has 1 amide bonds. The molecule has 0 bridgehead atoms. The lowest BCUT2D eigenvalue weighted by Crippen LogP contribution is -2.25. The van der Waals surface area contributed by atoms with Gasteiger partial charge in [0.25, 0.3) is 0 Å². The van der Waals surface area contributed by atoms with E-state index in [0.29, 0.717) is 19.4 Å². The summed E-state index contributed by atoms with van der Waals surface area (Å²) in [6.07, 6.45) is 4.21. The Balaban J connectivity index is 2.25. The van der Waals surface area contributed by atoms with Crippen molar-refractivity contribution in [2.45, 2.75) is 19.3 Å². The Morgan fingerprint density at radius 3 is 2.53 bits per heavy atom. The molecule has 0 saturated heterocycles. The molecule has 0 atom stereocenters. The maximum Gasteiger partial charge on any atom is 0.335 e. The number of carboxylic acid groups (broad SMARTS) is 1. The number of amides is 1. The summed E-state index contributed by atoms with van der Waals surface area (Å²) in [6.45, 7) is 0.588. The highest BCUT2D eigenvalue weighted by Crippen LogP contribution is 2.05. The zero-order valence-electron chi connectivity index (χ0n) is 11.0. The lowest BCUT2D eigenvalue weighted by molar-refractivity contribution is -0.121. The quantitative estimate of drug-likeness (QED) is 0.717. The molecule has 0 unspecified atom stereocenters. The number of rotatable bonds is 8. The van der Waals surface area contributed by atoms with Crippen LogP contribution in [0.3, 0.4) is 0 Å². The fourth-order valence-corrected chi connectivity index (χ4v) is 2.06. The minimum absolute atomic E-state index is 0.0798. The van der Waals surface area contributed by atoms with Crippen molar-refractivity contribution in [1.29, 1.82) is 0 Å². The average molecular weight is 281 g/mol. The van der Waals surface area contributed by atoms with Crippen molar-refractivity contribution in [3.8, 4) is 0 Å². The molecule has 4 nitrogen and oxygen atoms in total. The van der Waals surface area contributed by atoms with Crippen LogP contribution in [0.4, 0.5) is 0 Å². The molecule has 0 aromatic heterocycles. The van der Waals surface area contributed by atoms with Gasteiger partial charge in [-0.1, -0.05) is 12.1 Å². The third kappa shape index (κ3) is 6.29. The zero-order chi connectivity index (χ0) is 14.1. The maximum atomic E-state index is 11.5. The van der Waals surface area contributed by atoms with Crippen LogP contribution >= 0.6 is 11.8 Å². The third-order valence-corrected chi connectivity index (χ3v) is 3.39. The fourth-order valence-electron chi connectivity index (χ4n) is 1.63. The van der Waals surface area contributed by atoms with Gasteiger partial charge in [-0.25, -0.2) is 4.79 Å². The number of benzene rings is 1. The molecule has 1 aromatic carbocycles. The Morgan fingerprint density at radius 1 is 1.26 bits per heavy atom. The number of carbonyl (C=O) groups excluding carboxylic acids is 1. The lowest BCUT2D eigenvalue weighted by Gasteiger charge is -2.05. The molecule has 0 aliphatic carbocycles. The molecule has 1 rings (SSSR count). The Bertz CT molecular complexity index is 417. The van der Waals surface area contributed by atoms with Crippen molar-refractivity contribution >= 4 is 23.6 Å². The van der Waals surface area contributed by atoms with Crippen LogP contribution in [0, 0.1) is 0 Å². The predicted octanol–water partition coefficient (Wildman–Crippen LogP) is 2.19. The fraction of sp³-hybridized carbons (Fsp3) is 0.429. The van der Waals surface area contributed by atoms with Crippen LogP contribution in [-0.2, 0) is 11.2 Å². The molecule has 2 N–H and O–H groups in total. The number of hydrogen-bond acceptors (Lipinski definition) is 3. The van der Waals surface area contributed by atoms with E-state index in [9.17, 15) is 9.59 Å². The van der Waals surface area contributed by atoms with E-state index in [1.165, 1.54) is 0 Å². The smallest absolute Gasteiger partial charge is 0.335 e. The molecule has 19 heavy (non-hydrogen) atoms. The Kier molecular flexibility index (Phi) is 7.03. The summed E-state index contributed by atoms with van der Waals surface area (Å²) < 4.78 is 0. The minimum Gasteiger partial charge on any atom is -0.478 e. The number of nitrogens with one attached hydrogen (secondary N) is 1. The van der Waals surface area contributed by atoms with Gasteiger partial charge in [0, 0.05) is 13.0 Å². The normalized spacial score (nSPS) is 10.2. The summed E-state index contributed by atoms with van der Waals surface area (Å²) in [6, 6.07) is 6.72. The third-order valence-electron chi connectivity index (χ3n) is 2.69. The average Bonchev–Trinajstić information content (AvgIpc) is 2.39. The van der Waals surface area contributed by atoms with E-state index in [2.05, 4.69) is 5.32 Å². The van der Waals surface area contributed by atoms with Crippen LogP contribution in [0.15, 0.2) is 24.3 Å². The molecule has 0 spiro atoms. The van der Waals surface area contributed by atoms with Gasteiger partial charge in [-0.05, 0) is 42.5 Å². The Morgan fingerprint density at radius 2 is 1.95 bits per heavy atom. The minimum atomic E-state index is -0.923. The topological polar surface area (TPSA) is 66.4 Å². The van der Waals surface area contributed by atoms with Crippen molar-refractivity contribution in [3.63, 3.8) is 0 Å². The standard InChI is InChI=1S/C14H19NO3S/c1-19-10-2-3-13(16)15-9-8-11-4-6-12(7-5-11)14(17)18/h4-7H,2-3,8-10H2,1H3,(H,15,16)(H,17,18). The van der Waals surface area contributed by atoms with Gasteiger partial charge in [-0.3, -0.25) is 4.79 Å². The van der Waals surface area contributed by atoms with Gasteiger partial charge in [0.05, 0.1) is 5.56 Å². The first kappa shape index (κ1) is 15.6. The van der Waals surface area contributed by atoms with Crippen LogP contribution < -0.4 is 5.32 Å². The highest BCUT2D eigenvalue weighted by molar-refractivity contribution is 7.98. The molecular formula is C14H19NO3S. The number of thioether (sulfide) groups is 1. The summed E-state index contributed by atoms with van der Waals surface area (Å²) in [4.78, 5) is 22.1. The van der Waals surface area contributed by atoms with Crippen LogP contribution in [0.25, 0.3) is 0 Å². The van der Waals surface area contributed by atoms with E-state index < -0.39 is 5.97 Å². The first-order chi connectivity index (χ1) is 9.13. The maximum absolute atomic E-state index is 11.5. The van der Waals surface area contributed by atoms with E-state index in [1.807, 2.05) is 6.26 Å². The monoisotopic (exact) mass is 281 g/mol. The van der Waals surface area contributed by atoms with Crippen LogP contribution in [-0.4, -0.2) is 35.5 Å². The second-order valence-electron chi connectivity index (χ2n) is 4.20. The van der Waals surface area contributed by atoms with Crippen molar-refractivity contribution in [3.05, 3.63) is 35.4 Å². The number of aromatic carboxylic acids is 1. The predicted molar refractivity (Wildman–Crippen MR) is 77.7 cm³/mol.